The number of aryl methyl sites for hydroxylation is 1. The van der Waals surface area contributed by atoms with Gasteiger partial charge in [-0.25, -0.2) is 9.97 Å². The lowest BCUT2D eigenvalue weighted by Crippen LogP contribution is -2.22. The van der Waals surface area contributed by atoms with Crippen LogP contribution in [0.5, 0.6) is 0 Å². The molecule has 1 aromatic carbocycles. The van der Waals surface area contributed by atoms with Crippen molar-refractivity contribution in [3.63, 3.8) is 0 Å². The summed E-state index contributed by atoms with van der Waals surface area (Å²) in [6.45, 7) is 3.88. The van der Waals surface area contributed by atoms with Gasteiger partial charge in [0.25, 0.3) is 5.91 Å². The first kappa shape index (κ1) is 19.1. The van der Waals surface area contributed by atoms with Crippen LogP contribution in [0.2, 0.25) is 5.02 Å². The maximum absolute atomic E-state index is 12.7. The number of carbonyl (C=O) groups is 1. The van der Waals surface area contributed by atoms with Crippen LogP contribution in [0, 0.1) is 6.92 Å². The second-order valence-corrected chi connectivity index (χ2v) is 8.22. The van der Waals surface area contributed by atoms with Crippen LogP contribution in [0.3, 0.4) is 0 Å². The maximum atomic E-state index is 12.7. The lowest BCUT2D eigenvalue weighted by Gasteiger charge is -2.12. The van der Waals surface area contributed by atoms with Crippen molar-refractivity contribution >= 4 is 44.9 Å². The van der Waals surface area contributed by atoms with Crippen LogP contribution in [0.1, 0.15) is 33.6 Å². The van der Waals surface area contributed by atoms with E-state index in [1.165, 1.54) is 17.7 Å². The molecule has 1 amide bonds. The Bertz CT molecular complexity index is 1000. The minimum Gasteiger partial charge on any atom is -0.376 e. The minimum atomic E-state index is -0.120. The number of hydrogen-bond acceptors (Lipinski definition) is 6. The van der Waals surface area contributed by atoms with Gasteiger partial charge in [0.15, 0.2) is 0 Å². The van der Waals surface area contributed by atoms with Gasteiger partial charge in [-0.15, -0.1) is 11.3 Å². The third-order valence-corrected chi connectivity index (χ3v) is 6.23. The number of benzene rings is 1. The van der Waals surface area contributed by atoms with E-state index < -0.39 is 0 Å². The van der Waals surface area contributed by atoms with Crippen LogP contribution in [0.25, 0.3) is 10.2 Å². The third-order valence-electron chi connectivity index (χ3n) is 4.80. The van der Waals surface area contributed by atoms with Crippen LogP contribution in [0.4, 0.5) is 5.82 Å². The highest BCUT2D eigenvalue weighted by molar-refractivity contribution is 7.20. The average molecular weight is 417 g/mol. The predicted molar refractivity (Wildman–Crippen MR) is 112 cm³/mol. The fraction of sp³-hybridized carbons (Fsp3) is 0.350. The zero-order chi connectivity index (χ0) is 19.5. The molecular weight excluding hydrogens is 396 g/mol. The van der Waals surface area contributed by atoms with E-state index in [-0.39, 0.29) is 12.0 Å². The fourth-order valence-electron chi connectivity index (χ4n) is 3.35. The van der Waals surface area contributed by atoms with Gasteiger partial charge in [-0.2, -0.15) is 0 Å². The Morgan fingerprint density at radius 1 is 1.39 bits per heavy atom. The molecule has 0 aliphatic carbocycles. The lowest BCUT2D eigenvalue weighted by molar-refractivity contribution is 0.0954. The highest BCUT2D eigenvalue weighted by Crippen LogP contribution is 2.33. The molecule has 1 unspecified atom stereocenters. The summed E-state index contributed by atoms with van der Waals surface area (Å²) in [5, 5.41) is 7.89. The Balaban J connectivity index is 1.51. The zero-order valence-corrected chi connectivity index (χ0v) is 17.1. The Labute approximate surface area is 172 Å². The van der Waals surface area contributed by atoms with Gasteiger partial charge in [0.1, 0.15) is 17.0 Å². The Kier molecular flexibility index (Phi) is 5.75. The summed E-state index contributed by atoms with van der Waals surface area (Å²) < 4.78 is 5.67. The molecule has 0 saturated carbocycles. The Morgan fingerprint density at radius 3 is 3.07 bits per heavy atom. The molecule has 28 heavy (non-hydrogen) atoms. The molecule has 0 bridgehead atoms. The monoisotopic (exact) mass is 416 g/mol. The molecule has 1 aliphatic heterocycles. The second-order valence-electron chi connectivity index (χ2n) is 6.79. The standard InChI is InChI=1S/C20H21ClN4O2S/c1-12-16-18(22-10-15-6-3-7-27-15)24-11-25-20(16)28-17(12)19(26)23-9-13-4-2-5-14(21)8-13/h2,4-5,8,11,15H,3,6-7,9-10H2,1H3,(H,23,26)(H,22,24,25). The van der Waals surface area contributed by atoms with Crippen molar-refractivity contribution in [3.8, 4) is 0 Å². The van der Waals surface area contributed by atoms with E-state index in [4.69, 9.17) is 16.3 Å². The van der Waals surface area contributed by atoms with E-state index in [2.05, 4.69) is 20.6 Å². The van der Waals surface area contributed by atoms with Crippen molar-refractivity contribution in [1.82, 2.24) is 15.3 Å². The molecule has 1 saturated heterocycles. The Morgan fingerprint density at radius 2 is 2.29 bits per heavy atom. The van der Waals surface area contributed by atoms with Gasteiger partial charge in [0.05, 0.1) is 16.4 Å². The third kappa shape index (κ3) is 4.11. The highest BCUT2D eigenvalue weighted by Gasteiger charge is 2.21. The maximum Gasteiger partial charge on any atom is 0.261 e. The van der Waals surface area contributed by atoms with Gasteiger partial charge in [0, 0.05) is 24.7 Å². The summed E-state index contributed by atoms with van der Waals surface area (Å²) in [7, 11) is 0. The van der Waals surface area contributed by atoms with Crippen LogP contribution in [0.15, 0.2) is 30.6 Å². The number of rotatable bonds is 6. The second kappa shape index (κ2) is 8.43. The van der Waals surface area contributed by atoms with Crippen molar-refractivity contribution in [2.24, 2.45) is 0 Å². The smallest absolute Gasteiger partial charge is 0.261 e. The molecule has 4 rings (SSSR count). The number of aromatic nitrogens is 2. The molecule has 3 heterocycles. The fourth-order valence-corrected chi connectivity index (χ4v) is 4.63. The Hall–Kier alpha value is -2.22. The topological polar surface area (TPSA) is 76.1 Å². The summed E-state index contributed by atoms with van der Waals surface area (Å²) in [4.78, 5) is 22.9. The van der Waals surface area contributed by atoms with E-state index in [1.54, 1.807) is 0 Å². The van der Waals surface area contributed by atoms with Gasteiger partial charge < -0.3 is 15.4 Å². The first-order valence-electron chi connectivity index (χ1n) is 9.24. The molecule has 146 valence electrons. The number of amides is 1. The molecule has 6 nitrogen and oxygen atoms in total. The molecule has 1 atom stereocenters. The van der Waals surface area contributed by atoms with Crippen molar-refractivity contribution in [3.05, 3.63) is 51.6 Å². The van der Waals surface area contributed by atoms with Crippen LogP contribution in [-0.4, -0.2) is 35.1 Å². The van der Waals surface area contributed by atoms with E-state index in [0.29, 0.717) is 23.0 Å². The molecular formula is C20H21ClN4O2S. The quantitative estimate of drug-likeness (QED) is 0.630. The number of nitrogens with zero attached hydrogens (tertiary/aromatic N) is 2. The first-order valence-corrected chi connectivity index (χ1v) is 10.4. The molecule has 8 heteroatoms. The number of carbonyl (C=O) groups excluding carboxylic acids is 1. The molecule has 0 spiro atoms. The number of ether oxygens (including phenoxy) is 1. The molecule has 2 aromatic heterocycles. The van der Waals surface area contributed by atoms with E-state index >= 15 is 0 Å². The highest BCUT2D eigenvalue weighted by atomic mass is 35.5. The van der Waals surface area contributed by atoms with Crippen LogP contribution in [-0.2, 0) is 11.3 Å². The average Bonchev–Trinajstić information content (AvgIpc) is 3.33. The van der Waals surface area contributed by atoms with Crippen molar-refractivity contribution < 1.29 is 9.53 Å². The zero-order valence-electron chi connectivity index (χ0n) is 15.5. The van der Waals surface area contributed by atoms with Crippen molar-refractivity contribution in [1.29, 1.82) is 0 Å². The summed E-state index contributed by atoms with van der Waals surface area (Å²) >= 11 is 7.39. The van der Waals surface area contributed by atoms with Crippen LogP contribution >= 0.6 is 22.9 Å². The molecule has 1 fully saturated rings. The first-order chi connectivity index (χ1) is 13.6. The van der Waals surface area contributed by atoms with Gasteiger partial charge in [-0.1, -0.05) is 23.7 Å². The largest absolute Gasteiger partial charge is 0.376 e. The number of fused-ring (bicyclic) bond motifs is 1. The summed E-state index contributed by atoms with van der Waals surface area (Å²) in [5.41, 5.74) is 1.84. The van der Waals surface area contributed by atoms with Gasteiger partial charge in [-0.05, 0) is 43.0 Å². The SMILES string of the molecule is Cc1c(C(=O)NCc2cccc(Cl)c2)sc2ncnc(NCC3CCCO3)c12. The van der Waals surface area contributed by atoms with Gasteiger partial charge >= 0.3 is 0 Å². The molecule has 3 aromatic rings. The summed E-state index contributed by atoms with van der Waals surface area (Å²) in [5.74, 6) is 0.633. The predicted octanol–water partition coefficient (Wildman–Crippen LogP) is 4.17. The number of halogens is 1. The van der Waals surface area contributed by atoms with Gasteiger partial charge in [-0.3, -0.25) is 4.79 Å². The van der Waals surface area contributed by atoms with E-state index in [1.807, 2.05) is 31.2 Å². The molecule has 0 radical (unpaired) electrons. The summed E-state index contributed by atoms with van der Waals surface area (Å²) in [6.07, 6.45) is 3.90. The van der Waals surface area contributed by atoms with Crippen molar-refractivity contribution in [2.45, 2.75) is 32.4 Å². The van der Waals surface area contributed by atoms with Crippen LogP contribution < -0.4 is 10.6 Å². The van der Waals surface area contributed by atoms with E-state index in [0.717, 1.165) is 46.6 Å². The van der Waals surface area contributed by atoms with E-state index in [9.17, 15) is 4.79 Å². The minimum absolute atomic E-state index is 0.120. The van der Waals surface area contributed by atoms with Crippen molar-refractivity contribution in [2.75, 3.05) is 18.5 Å². The van der Waals surface area contributed by atoms with Gasteiger partial charge in [0.2, 0.25) is 0 Å². The lowest BCUT2D eigenvalue weighted by atomic mass is 10.2. The number of nitrogens with one attached hydrogen (secondary N) is 2. The number of thiophene rings is 1. The summed E-state index contributed by atoms with van der Waals surface area (Å²) in [6, 6.07) is 7.46. The normalized spacial score (nSPS) is 16.4. The molecule has 2 N–H and O–H groups in total. The number of anilines is 1. The number of hydrogen-bond donors (Lipinski definition) is 2. The molecule has 1 aliphatic rings.